The summed E-state index contributed by atoms with van der Waals surface area (Å²) in [6.07, 6.45) is 0.927. The first-order chi connectivity index (χ1) is 16.2. The van der Waals surface area contributed by atoms with Crippen LogP contribution in [0.5, 0.6) is 23.0 Å². The lowest BCUT2D eigenvalue weighted by Crippen LogP contribution is -2.43. The molecule has 2 unspecified atom stereocenters. The molecule has 0 fully saturated rings. The van der Waals surface area contributed by atoms with Crippen molar-refractivity contribution in [3.8, 4) is 23.0 Å². The average Bonchev–Trinajstić information content (AvgIpc) is 2.85. The minimum Gasteiger partial charge on any atom is -0.496 e. The van der Waals surface area contributed by atoms with Crippen molar-refractivity contribution in [3.63, 3.8) is 0 Å². The number of methoxy groups -OCH3 is 4. The van der Waals surface area contributed by atoms with E-state index in [0.717, 1.165) is 0 Å². The van der Waals surface area contributed by atoms with Crippen LogP contribution >= 0.6 is 8.46 Å². The number of hydrogen-bond acceptors (Lipinski definition) is 7. The third-order valence-electron chi connectivity index (χ3n) is 6.38. The first-order valence-electron chi connectivity index (χ1n) is 11.0. The van der Waals surface area contributed by atoms with Crippen LogP contribution in [-0.4, -0.2) is 46.2 Å². The van der Waals surface area contributed by atoms with Crippen LogP contribution in [0.15, 0.2) is 36.4 Å². The molecule has 0 aliphatic carbocycles. The van der Waals surface area contributed by atoms with E-state index < -0.39 is 22.9 Å². The molecule has 7 nitrogen and oxygen atoms in total. The molecule has 2 aromatic carbocycles. The van der Waals surface area contributed by atoms with Gasteiger partial charge in [-0.05, 0) is 49.4 Å². The zero-order chi connectivity index (χ0) is 25.5. The van der Waals surface area contributed by atoms with Crippen LogP contribution in [-0.2, 0) is 4.57 Å². The highest BCUT2D eigenvalue weighted by Gasteiger charge is 2.49. The Morgan fingerprint density at radius 3 is 1.44 bits per heavy atom. The van der Waals surface area contributed by atoms with Crippen molar-refractivity contribution in [1.29, 1.82) is 0 Å². The Hall–Kier alpha value is -2.92. The summed E-state index contributed by atoms with van der Waals surface area (Å²) in [7, 11) is 5.88. The van der Waals surface area contributed by atoms with E-state index in [0.29, 0.717) is 35.6 Å². The van der Waals surface area contributed by atoms with Gasteiger partial charge in [0, 0.05) is 6.16 Å². The lowest BCUT2D eigenvalue weighted by atomic mass is 9.65. The Balaban J connectivity index is 2.79. The van der Waals surface area contributed by atoms with Crippen molar-refractivity contribution in [2.75, 3.05) is 34.6 Å². The lowest BCUT2D eigenvalue weighted by molar-refractivity contribution is 0.0571. The largest absolute Gasteiger partial charge is 0.496 e. The number of carbonyl (C=O) groups is 2. The van der Waals surface area contributed by atoms with Gasteiger partial charge in [0.2, 0.25) is 0 Å². The molecule has 0 aromatic heterocycles. The van der Waals surface area contributed by atoms with E-state index in [1.165, 1.54) is 28.4 Å². The molecule has 0 bridgehead atoms. The van der Waals surface area contributed by atoms with Gasteiger partial charge in [-0.2, -0.15) is 0 Å². The summed E-state index contributed by atoms with van der Waals surface area (Å²) in [6, 6.07) is 10.1. The van der Waals surface area contributed by atoms with Gasteiger partial charge in [0.25, 0.3) is 0 Å². The molecule has 0 saturated carbocycles. The number of Topliss-reactive ketones (excluding diaryl/α,β-unsaturated/α-hetero) is 2. The monoisotopic (exact) mass is 488 g/mol. The SMILES string of the molecule is COc1cccc(OC)c1C(=O)C(C)(C(=O)c1c(OC)cccc1OC)C(C)CC(C)CP=O. The Morgan fingerprint density at radius 1 is 0.794 bits per heavy atom. The highest BCUT2D eigenvalue weighted by atomic mass is 31.1. The van der Waals surface area contributed by atoms with Gasteiger partial charge < -0.3 is 18.9 Å². The van der Waals surface area contributed by atoms with Crippen molar-refractivity contribution >= 4 is 20.0 Å². The standard InChI is InChI=1S/C26H33O7P/c1-16(15-34-29)14-17(2)26(3,24(27)22-18(30-4)10-8-11-19(22)31-5)25(28)23-20(32-6)12-9-13-21(23)33-7/h8-13,16-17H,14-15H2,1-7H3. The van der Waals surface area contributed by atoms with E-state index in [1.54, 1.807) is 43.3 Å². The summed E-state index contributed by atoms with van der Waals surface area (Å²) in [5, 5.41) is 0. The zero-order valence-corrected chi connectivity index (χ0v) is 21.7. The molecule has 0 aliphatic heterocycles. The Morgan fingerprint density at radius 2 is 1.15 bits per heavy atom. The number of rotatable bonds is 13. The van der Waals surface area contributed by atoms with Crippen LogP contribution in [0, 0.1) is 17.3 Å². The van der Waals surface area contributed by atoms with Crippen molar-refractivity contribution in [2.24, 2.45) is 17.3 Å². The van der Waals surface area contributed by atoms with Gasteiger partial charge in [-0.25, -0.2) is 0 Å². The van der Waals surface area contributed by atoms with Gasteiger partial charge >= 0.3 is 0 Å². The smallest absolute Gasteiger partial charge is 0.184 e. The van der Waals surface area contributed by atoms with E-state index in [9.17, 15) is 14.2 Å². The highest BCUT2D eigenvalue weighted by molar-refractivity contribution is 7.23. The molecule has 2 aromatic rings. The maximum absolute atomic E-state index is 14.3. The maximum Gasteiger partial charge on any atom is 0.184 e. The fourth-order valence-corrected chi connectivity index (χ4v) is 4.66. The third kappa shape index (κ3) is 5.25. The minimum absolute atomic E-state index is 0.0215. The first kappa shape index (κ1) is 27.3. The van der Waals surface area contributed by atoms with Gasteiger partial charge in [0.05, 0.1) is 33.9 Å². The van der Waals surface area contributed by atoms with Crippen LogP contribution in [0.4, 0.5) is 0 Å². The lowest BCUT2D eigenvalue weighted by Gasteiger charge is -2.35. The maximum atomic E-state index is 14.3. The van der Waals surface area contributed by atoms with Crippen LogP contribution in [0.25, 0.3) is 0 Å². The third-order valence-corrected chi connectivity index (χ3v) is 7.15. The topological polar surface area (TPSA) is 88.1 Å². The average molecular weight is 489 g/mol. The zero-order valence-electron chi connectivity index (χ0n) is 20.8. The van der Waals surface area contributed by atoms with Gasteiger partial charge in [0.15, 0.2) is 20.0 Å². The molecule has 0 radical (unpaired) electrons. The van der Waals surface area contributed by atoms with Gasteiger partial charge in [-0.1, -0.05) is 26.0 Å². The number of hydrogen-bond donors (Lipinski definition) is 0. The van der Waals surface area contributed by atoms with Crippen LogP contribution < -0.4 is 18.9 Å². The molecule has 34 heavy (non-hydrogen) atoms. The molecule has 0 aliphatic rings. The predicted octanol–water partition coefficient (Wildman–Crippen LogP) is 5.75. The summed E-state index contributed by atoms with van der Waals surface area (Å²) in [6.45, 7) is 5.45. The van der Waals surface area contributed by atoms with Crippen molar-refractivity contribution in [3.05, 3.63) is 47.5 Å². The van der Waals surface area contributed by atoms with E-state index in [1.807, 2.05) is 13.8 Å². The molecule has 184 valence electrons. The molecule has 0 amide bonds. The van der Waals surface area contributed by atoms with E-state index in [4.69, 9.17) is 18.9 Å². The highest BCUT2D eigenvalue weighted by Crippen LogP contribution is 2.45. The minimum atomic E-state index is -1.53. The molecular weight excluding hydrogens is 455 g/mol. The molecule has 0 heterocycles. The van der Waals surface area contributed by atoms with Crippen molar-refractivity contribution < 1.29 is 33.1 Å². The second kappa shape index (κ2) is 12.0. The molecule has 2 atom stereocenters. The van der Waals surface area contributed by atoms with E-state index in [-0.39, 0.29) is 25.5 Å². The summed E-state index contributed by atoms with van der Waals surface area (Å²) < 4.78 is 33.1. The molecule has 8 heteroatoms. The van der Waals surface area contributed by atoms with E-state index >= 15 is 0 Å². The van der Waals surface area contributed by atoms with Crippen LogP contribution in [0.1, 0.15) is 47.9 Å². The summed E-state index contributed by atoms with van der Waals surface area (Å²) in [4.78, 5) is 28.6. The number of carbonyl (C=O) groups excluding carboxylic acids is 2. The number of ketones is 2. The predicted molar refractivity (Wildman–Crippen MR) is 131 cm³/mol. The fraction of sp³-hybridized carbons (Fsp3) is 0.462. The van der Waals surface area contributed by atoms with Crippen molar-refractivity contribution in [1.82, 2.24) is 0 Å². The summed E-state index contributed by atoms with van der Waals surface area (Å²) in [5.41, 5.74) is -1.14. The second-order valence-electron chi connectivity index (χ2n) is 8.49. The van der Waals surface area contributed by atoms with Crippen LogP contribution in [0.3, 0.4) is 0 Å². The normalized spacial score (nSPS) is 13.1. The Labute approximate surface area is 202 Å². The Kier molecular flexibility index (Phi) is 9.63. The van der Waals surface area contributed by atoms with Gasteiger partial charge in [-0.15, -0.1) is 0 Å². The number of benzene rings is 2. The number of ether oxygens (including phenoxy) is 4. The Bertz CT molecular complexity index is 922. The molecule has 0 N–H and O–H groups in total. The molecule has 2 rings (SSSR count). The van der Waals surface area contributed by atoms with Crippen LogP contribution in [0.2, 0.25) is 0 Å². The molecular formula is C26H33O7P. The second-order valence-corrected chi connectivity index (χ2v) is 9.11. The van der Waals surface area contributed by atoms with Gasteiger partial charge in [0.1, 0.15) is 34.1 Å². The van der Waals surface area contributed by atoms with Gasteiger partial charge in [-0.3, -0.25) is 14.2 Å². The van der Waals surface area contributed by atoms with E-state index in [2.05, 4.69) is 0 Å². The summed E-state index contributed by atoms with van der Waals surface area (Å²) >= 11 is 0. The fourth-order valence-electron chi connectivity index (χ4n) is 4.26. The first-order valence-corrected chi connectivity index (χ1v) is 12.0. The quantitative estimate of drug-likeness (QED) is 0.202. The molecule has 0 spiro atoms. The molecule has 0 saturated heterocycles. The van der Waals surface area contributed by atoms with Crippen molar-refractivity contribution in [2.45, 2.75) is 27.2 Å². The summed E-state index contributed by atoms with van der Waals surface area (Å²) in [5.74, 6) is -0.00950.